The molecule has 0 aliphatic heterocycles. The van der Waals surface area contributed by atoms with Crippen LogP contribution in [0, 0.1) is 20.8 Å². The van der Waals surface area contributed by atoms with Gasteiger partial charge in [0.1, 0.15) is 17.2 Å². The molecule has 0 atom stereocenters. The van der Waals surface area contributed by atoms with Crippen LogP contribution in [-0.2, 0) is 0 Å². The smallest absolute Gasteiger partial charge is 0.147 e. The van der Waals surface area contributed by atoms with Gasteiger partial charge in [0.05, 0.1) is 0 Å². The molecule has 0 fully saturated rings. The lowest BCUT2D eigenvalue weighted by molar-refractivity contribution is 0.995. The van der Waals surface area contributed by atoms with Crippen LogP contribution in [0.4, 0.5) is 5.82 Å². The largest absolute Gasteiger partial charge is 0.308 e. The number of nitrogens with one attached hydrogen (secondary N) is 1. The number of aromatic nitrogens is 2. The molecular weight excluding hydrogens is 244 g/mol. The van der Waals surface area contributed by atoms with E-state index < -0.39 is 0 Å². The van der Waals surface area contributed by atoms with Crippen molar-refractivity contribution in [2.45, 2.75) is 30.7 Å². The van der Waals surface area contributed by atoms with E-state index in [1.165, 1.54) is 22.3 Å². The molecule has 1 aromatic carbocycles. The number of hydrazine groups is 1. The van der Waals surface area contributed by atoms with Gasteiger partial charge in [-0.05, 0) is 38.0 Å². The molecule has 0 spiro atoms. The van der Waals surface area contributed by atoms with E-state index in [1.54, 1.807) is 11.8 Å². The molecule has 5 heteroatoms. The predicted molar refractivity (Wildman–Crippen MR) is 74.6 cm³/mol. The molecule has 0 saturated heterocycles. The molecule has 4 nitrogen and oxygen atoms in total. The zero-order valence-electron chi connectivity index (χ0n) is 10.7. The van der Waals surface area contributed by atoms with Crippen LogP contribution >= 0.6 is 11.8 Å². The van der Waals surface area contributed by atoms with Crippen molar-refractivity contribution in [3.63, 3.8) is 0 Å². The first-order valence-corrected chi connectivity index (χ1v) is 6.47. The van der Waals surface area contributed by atoms with Gasteiger partial charge in [0.2, 0.25) is 0 Å². The number of rotatable bonds is 3. The van der Waals surface area contributed by atoms with E-state index in [0.29, 0.717) is 5.82 Å². The van der Waals surface area contributed by atoms with Crippen LogP contribution in [0.15, 0.2) is 34.4 Å². The Morgan fingerprint density at radius 2 is 1.94 bits per heavy atom. The van der Waals surface area contributed by atoms with Gasteiger partial charge in [-0.2, -0.15) is 0 Å². The highest BCUT2D eigenvalue weighted by atomic mass is 32.2. The fourth-order valence-electron chi connectivity index (χ4n) is 1.60. The second kappa shape index (κ2) is 5.37. The summed E-state index contributed by atoms with van der Waals surface area (Å²) in [7, 11) is 0. The van der Waals surface area contributed by atoms with E-state index in [-0.39, 0.29) is 0 Å². The van der Waals surface area contributed by atoms with E-state index in [4.69, 9.17) is 5.84 Å². The van der Waals surface area contributed by atoms with Crippen LogP contribution in [0.2, 0.25) is 0 Å². The quantitative estimate of drug-likeness (QED) is 0.505. The third kappa shape index (κ3) is 2.63. The SMILES string of the molecule is Cc1ccc(C)c(Sc2ncnc(NN)c2C)c1. The average molecular weight is 260 g/mol. The summed E-state index contributed by atoms with van der Waals surface area (Å²) in [6.07, 6.45) is 1.52. The molecule has 1 aromatic heterocycles. The van der Waals surface area contributed by atoms with Gasteiger partial charge in [-0.15, -0.1) is 0 Å². The molecule has 94 valence electrons. The van der Waals surface area contributed by atoms with Crippen LogP contribution in [-0.4, -0.2) is 9.97 Å². The number of benzene rings is 1. The van der Waals surface area contributed by atoms with Gasteiger partial charge >= 0.3 is 0 Å². The van der Waals surface area contributed by atoms with E-state index in [2.05, 4.69) is 47.4 Å². The van der Waals surface area contributed by atoms with E-state index in [1.807, 2.05) is 6.92 Å². The Balaban J connectivity index is 2.37. The molecule has 2 rings (SSSR count). The lowest BCUT2D eigenvalue weighted by Crippen LogP contribution is -2.10. The van der Waals surface area contributed by atoms with Crippen molar-refractivity contribution in [1.82, 2.24) is 9.97 Å². The Kier molecular flexibility index (Phi) is 3.84. The van der Waals surface area contributed by atoms with Crippen LogP contribution in [0.25, 0.3) is 0 Å². The monoisotopic (exact) mass is 260 g/mol. The molecule has 2 aromatic rings. The lowest BCUT2D eigenvalue weighted by Gasteiger charge is -2.10. The minimum absolute atomic E-state index is 0.665. The van der Waals surface area contributed by atoms with Crippen molar-refractivity contribution in [2.24, 2.45) is 5.84 Å². The maximum Gasteiger partial charge on any atom is 0.147 e. The van der Waals surface area contributed by atoms with Crippen molar-refractivity contribution in [3.8, 4) is 0 Å². The first-order chi connectivity index (χ1) is 8.61. The minimum Gasteiger partial charge on any atom is -0.308 e. The topological polar surface area (TPSA) is 63.8 Å². The van der Waals surface area contributed by atoms with Gasteiger partial charge in [-0.1, -0.05) is 23.9 Å². The number of anilines is 1. The first-order valence-electron chi connectivity index (χ1n) is 5.65. The molecule has 0 aliphatic carbocycles. The molecule has 3 N–H and O–H groups in total. The fraction of sp³-hybridized carbons (Fsp3) is 0.231. The summed E-state index contributed by atoms with van der Waals surface area (Å²) < 4.78 is 0. The Hall–Kier alpha value is -1.59. The maximum absolute atomic E-state index is 5.42. The van der Waals surface area contributed by atoms with Crippen molar-refractivity contribution in [2.75, 3.05) is 5.43 Å². The summed E-state index contributed by atoms with van der Waals surface area (Å²) in [5, 5.41) is 0.923. The van der Waals surface area contributed by atoms with Crippen molar-refractivity contribution >= 4 is 17.6 Å². The predicted octanol–water partition coefficient (Wildman–Crippen LogP) is 2.84. The van der Waals surface area contributed by atoms with Gasteiger partial charge in [-0.25, -0.2) is 15.8 Å². The zero-order valence-corrected chi connectivity index (χ0v) is 11.5. The third-order valence-corrected chi connectivity index (χ3v) is 3.99. The molecule has 0 amide bonds. The number of nitrogen functional groups attached to an aromatic ring is 1. The van der Waals surface area contributed by atoms with Gasteiger partial charge in [0.25, 0.3) is 0 Å². The third-order valence-electron chi connectivity index (χ3n) is 2.72. The van der Waals surface area contributed by atoms with E-state index in [9.17, 15) is 0 Å². The molecule has 0 bridgehead atoms. The van der Waals surface area contributed by atoms with Crippen molar-refractivity contribution < 1.29 is 0 Å². The van der Waals surface area contributed by atoms with Gasteiger partial charge in [-0.3, -0.25) is 0 Å². The summed E-state index contributed by atoms with van der Waals surface area (Å²) in [6.45, 7) is 6.15. The molecule has 0 unspecified atom stereocenters. The standard InChI is InChI=1S/C13H16N4S/c1-8-4-5-9(2)11(6-8)18-13-10(3)12(17-14)15-7-16-13/h4-7H,14H2,1-3H3,(H,15,16,17). The number of nitrogens with two attached hydrogens (primary N) is 1. The Labute approximate surface area is 111 Å². The highest BCUT2D eigenvalue weighted by Crippen LogP contribution is 2.32. The summed E-state index contributed by atoms with van der Waals surface area (Å²) in [4.78, 5) is 9.60. The van der Waals surface area contributed by atoms with Crippen LogP contribution < -0.4 is 11.3 Å². The van der Waals surface area contributed by atoms with Crippen molar-refractivity contribution in [3.05, 3.63) is 41.2 Å². The first kappa shape index (κ1) is 12.9. The number of aryl methyl sites for hydroxylation is 2. The second-order valence-electron chi connectivity index (χ2n) is 4.17. The van der Waals surface area contributed by atoms with Crippen LogP contribution in [0.5, 0.6) is 0 Å². The molecular formula is C13H16N4S. The molecule has 18 heavy (non-hydrogen) atoms. The molecule has 0 radical (unpaired) electrons. The van der Waals surface area contributed by atoms with Gasteiger partial charge < -0.3 is 5.43 Å². The normalized spacial score (nSPS) is 10.4. The lowest BCUT2D eigenvalue weighted by atomic mass is 10.2. The second-order valence-corrected chi connectivity index (χ2v) is 5.20. The summed E-state index contributed by atoms with van der Waals surface area (Å²) in [6, 6.07) is 6.40. The Morgan fingerprint density at radius 1 is 1.17 bits per heavy atom. The summed E-state index contributed by atoms with van der Waals surface area (Å²) in [5.74, 6) is 6.08. The Morgan fingerprint density at radius 3 is 2.67 bits per heavy atom. The van der Waals surface area contributed by atoms with Crippen molar-refractivity contribution in [1.29, 1.82) is 0 Å². The summed E-state index contributed by atoms with van der Waals surface area (Å²) in [5.41, 5.74) is 6.03. The molecule has 0 aliphatic rings. The van der Waals surface area contributed by atoms with E-state index in [0.717, 1.165) is 10.6 Å². The van der Waals surface area contributed by atoms with Crippen LogP contribution in [0.3, 0.4) is 0 Å². The van der Waals surface area contributed by atoms with E-state index >= 15 is 0 Å². The highest BCUT2D eigenvalue weighted by Gasteiger charge is 2.09. The molecule has 1 heterocycles. The van der Waals surface area contributed by atoms with Gasteiger partial charge in [0, 0.05) is 10.5 Å². The minimum atomic E-state index is 0.665. The van der Waals surface area contributed by atoms with Gasteiger partial charge in [0.15, 0.2) is 0 Å². The highest BCUT2D eigenvalue weighted by molar-refractivity contribution is 7.99. The Bertz CT molecular complexity index is 569. The number of hydrogen-bond donors (Lipinski definition) is 2. The molecule has 0 saturated carbocycles. The zero-order chi connectivity index (χ0) is 13.1. The maximum atomic E-state index is 5.42. The average Bonchev–Trinajstić information content (AvgIpc) is 2.36. The number of nitrogens with zero attached hydrogens (tertiary/aromatic N) is 2. The van der Waals surface area contributed by atoms with Crippen LogP contribution in [0.1, 0.15) is 16.7 Å². The summed E-state index contributed by atoms with van der Waals surface area (Å²) >= 11 is 1.64. The number of hydrogen-bond acceptors (Lipinski definition) is 5. The fourth-order valence-corrected chi connectivity index (χ4v) is 2.64.